The highest BCUT2D eigenvalue weighted by Crippen LogP contribution is 2.46. The number of aryl methyl sites for hydroxylation is 2. The van der Waals surface area contributed by atoms with Crippen LogP contribution in [0.25, 0.3) is 11.0 Å². The number of primary amides is 1. The Labute approximate surface area is 172 Å². The molecule has 8 heteroatoms. The van der Waals surface area contributed by atoms with E-state index in [9.17, 15) is 9.90 Å². The van der Waals surface area contributed by atoms with Crippen molar-refractivity contribution in [1.29, 1.82) is 0 Å². The molecule has 1 amide bonds. The van der Waals surface area contributed by atoms with Gasteiger partial charge in [0.1, 0.15) is 28.7 Å². The van der Waals surface area contributed by atoms with Crippen LogP contribution in [0.1, 0.15) is 45.2 Å². The molecule has 1 aliphatic rings. The molecule has 0 bridgehead atoms. The van der Waals surface area contributed by atoms with Crippen LogP contribution in [-0.4, -0.2) is 35.8 Å². The van der Waals surface area contributed by atoms with Gasteiger partial charge in [-0.15, -0.1) is 11.3 Å². The van der Waals surface area contributed by atoms with Gasteiger partial charge in [-0.05, 0) is 38.8 Å². The Hall–Kier alpha value is -2.42. The van der Waals surface area contributed by atoms with Crippen molar-refractivity contribution in [3.63, 3.8) is 0 Å². The molecular weight excluding hydrogens is 392 g/mol. The molecule has 1 saturated heterocycles. The second-order valence-corrected chi connectivity index (χ2v) is 8.37. The van der Waals surface area contributed by atoms with E-state index in [0.717, 1.165) is 16.3 Å². The number of benzene rings is 1. The summed E-state index contributed by atoms with van der Waals surface area (Å²) in [4.78, 5) is 16.7. The third kappa shape index (κ3) is 3.52. The number of nitrogens with zero attached hydrogens (tertiary/aromatic N) is 1. The molecule has 0 unspecified atom stereocenters. The summed E-state index contributed by atoms with van der Waals surface area (Å²) in [5, 5.41) is 13.9. The number of carbonyl (C=O) groups excluding carboxylic acids is 1. The summed E-state index contributed by atoms with van der Waals surface area (Å²) in [5.74, 6) is 0.501. The highest BCUT2D eigenvalue weighted by atomic mass is 32.1. The normalized spacial score (nSPS) is 16.2. The average molecular weight is 416 g/mol. The highest BCUT2D eigenvalue weighted by molar-refractivity contribution is 7.09. The lowest BCUT2D eigenvalue weighted by Gasteiger charge is -2.37. The molecule has 1 fully saturated rings. The first kappa shape index (κ1) is 19.9. The van der Waals surface area contributed by atoms with Crippen molar-refractivity contribution < 1.29 is 23.8 Å². The van der Waals surface area contributed by atoms with E-state index >= 15 is 0 Å². The number of fused-ring (bicyclic) bond motifs is 1. The van der Waals surface area contributed by atoms with Crippen LogP contribution < -0.4 is 10.5 Å². The van der Waals surface area contributed by atoms with Gasteiger partial charge in [-0.1, -0.05) is 0 Å². The summed E-state index contributed by atoms with van der Waals surface area (Å²) >= 11 is 1.53. The fourth-order valence-electron chi connectivity index (χ4n) is 4.09. The summed E-state index contributed by atoms with van der Waals surface area (Å²) in [5.41, 5.74) is 7.69. The largest absolute Gasteiger partial charge is 0.486 e. The van der Waals surface area contributed by atoms with E-state index in [1.165, 1.54) is 11.3 Å². The maximum atomic E-state index is 12.2. The molecule has 3 aromatic rings. The number of rotatable bonds is 6. The maximum absolute atomic E-state index is 12.2. The van der Waals surface area contributed by atoms with Crippen molar-refractivity contribution in [2.24, 2.45) is 5.73 Å². The van der Waals surface area contributed by atoms with Crippen LogP contribution in [0.3, 0.4) is 0 Å². The van der Waals surface area contributed by atoms with Gasteiger partial charge in [-0.3, -0.25) is 4.79 Å². The number of aliphatic hydroxyl groups is 1. The molecule has 2 aromatic heterocycles. The van der Waals surface area contributed by atoms with Gasteiger partial charge in [0.25, 0.3) is 5.91 Å². The SMILES string of the molecule is Cc1csc(COc2ccc3oc(C)c(C(N)=O)c3c2C2(CO)CCOCC2)n1. The van der Waals surface area contributed by atoms with Gasteiger partial charge in [0.15, 0.2) is 0 Å². The molecule has 29 heavy (non-hydrogen) atoms. The third-order valence-corrected chi connectivity index (χ3v) is 6.48. The molecule has 154 valence electrons. The molecule has 0 spiro atoms. The van der Waals surface area contributed by atoms with Gasteiger partial charge >= 0.3 is 0 Å². The Bertz CT molecular complexity index is 1050. The van der Waals surface area contributed by atoms with Gasteiger partial charge < -0.3 is 24.7 Å². The summed E-state index contributed by atoms with van der Waals surface area (Å²) in [7, 11) is 0. The summed E-state index contributed by atoms with van der Waals surface area (Å²) < 4.78 is 17.5. The zero-order valence-electron chi connectivity index (χ0n) is 16.5. The van der Waals surface area contributed by atoms with Crippen molar-refractivity contribution in [1.82, 2.24) is 4.98 Å². The van der Waals surface area contributed by atoms with E-state index in [1.807, 2.05) is 18.4 Å². The average Bonchev–Trinajstić information content (AvgIpc) is 3.28. The molecule has 0 aliphatic carbocycles. The molecule has 3 N–H and O–H groups in total. The number of nitrogens with two attached hydrogens (primary N) is 1. The van der Waals surface area contributed by atoms with Gasteiger partial charge in [-0.25, -0.2) is 4.98 Å². The Morgan fingerprint density at radius 1 is 1.34 bits per heavy atom. The summed E-state index contributed by atoms with van der Waals surface area (Å²) in [6.07, 6.45) is 1.22. The van der Waals surface area contributed by atoms with Crippen molar-refractivity contribution in [2.45, 2.75) is 38.7 Å². The number of hydrogen-bond donors (Lipinski definition) is 2. The Balaban J connectivity index is 1.90. The molecule has 0 saturated carbocycles. The number of aliphatic hydroxyl groups excluding tert-OH is 1. The highest BCUT2D eigenvalue weighted by Gasteiger charge is 2.40. The molecule has 1 aromatic carbocycles. The predicted molar refractivity (Wildman–Crippen MR) is 109 cm³/mol. The minimum Gasteiger partial charge on any atom is -0.486 e. The molecule has 1 aliphatic heterocycles. The molecule has 4 rings (SSSR count). The predicted octanol–water partition coefficient (Wildman–Crippen LogP) is 3.22. The third-order valence-electron chi connectivity index (χ3n) is 5.54. The molecule has 0 atom stereocenters. The van der Waals surface area contributed by atoms with E-state index < -0.39 is 11.3 Å². The van der Waals surface area contributed by atoms with E-state index in [0.29, 0.717) is 60.7 Å². The minimum absolute atomic E-state index is 0.0926. The van der Waals surface area contributed by atoms with E-state index in [1.54, 1.807) is 13.0 Å². The number of hydrogen-bond acceptors (Lipinski definition) is 7. The zero-order valence-corrected chi connectivity index (χ0v) is 17.3. The van der Waals surface area contributed by atoms with E-state index in [-0.39, 0.29) is 6.61 Å². The smallest absolute Gasteiger partial charge is 0.252 e. The zero-order chi connectivity index (χ0) is 20.6. The molecular formula is C21H24N2O5S. The lowest BCUT2D eigenvalue weighted by atomic mass is 9.72. The first-order valence-electron chi connectivity index (χ1n) is 9.54. The van der Waals surface area contributed by atoms with E-state index in [4.69, 9.17) is 19.6 Å². The van der Waals surface area contributed by atoms with Crippen LogP contribution in [0.15, 0.2) is 21.9 Å². The van der Waals surface area contributed by atoms with Gasteiger partial charge in [0, 0.05) is 40.7 Å². The monoisotopic (exact) mass is 416 g/mol. The van der Waals surface area contributed by atoms with Crippen LogP contribution >= 0.6 is 11.3 Å². The first-order valence-corrected chi connectivity index (χ1v) is 10.4. The van der Waals surface area contributed by atoms with Crippen LogP contribution in [0, 0.1) is 13.8 Å². The Kier molecular flexibility index (Phi) is 5.33. The number of carbonyl (C=O) groups is 1. The second-order valence-electron chi connectivity index (χ2n) is 7.43. The van der Waals surface area contributed by atoms with Crippen LogP contribution in [0.5, 0.6) is 5.75 Å². The fraction of sp³-hybridized carbons (Fsp3) is 0.429. The van der Waals surface area contributed by atoms with Crippen LogP contribution in [0.4, 0.5) is 0 Å². The van der Waals surface area contributed by atoms with Gasteiger partial charge in [0.2, 0.25) is 0 Å². The van der Waals surface area contributed by atoms with Crippen molar-refractivity contribution >= 4 is 28.2 Å². The Morgan fingerprint density at radius 2 is 2.10 bits per heavy atom. The number of furan rings is 1. The van der Waals surface area contributed by atoms with Crippen LogP contribution in [-0.2, 0) is 16.8 Å². The fourth-order valence-corrected chi connectivity index (χ4v) is 4.77. The number of amides is 1. The molecule has 0 radical (unpaired) electrons. The van der Waals surface area contributed by atoms with Gasteiger partial charge in [-0.2, -0.15) is 0 Å². The van der Waals surface area contributed by atoms with Crippen molar-refractivity contribution in [3.8, 4) is 5.75 Å². The standard InChI is InChI=1S/C21H24N2O5S/c1-12-10-29-16(23-12)9-27-15-4-3-14-18(17(20(22)25)13(2)28-14)19(15)21(11-24)5-7-26-8-6-21/h3-4,10,24H,5-9,11H2,1-2H3,(H2,22,25). The number of thiazole rings is 1. The first-order chi connectivity index (χ1) is 13.9. The summed E-state index contributed by atoms with van der Waals surface area (Å²) in [6, 6.07) is 3.61. The summed E-state index contributed by atoms with van der Waals surface area (Å²) in [6.45, 7) is 4.91. The lowest BCUT2D eigenvalue weighted by molar-refractivity contribution is 0.0246. The molecule has 7 nitrogen and oxygen atoms in total. The minimum atomic E-state index is -0.605. The topological polar surface area (TPSA) is 108 Å². The van der Waals surface area contributed by atoms with Crippen LogP contribution in [0.2, 0.25) is 0 Å². The number of ether oxygens (including phenoxy) is 2. The van der Waals surface area contributed by atoms with Gasteiger partial charge in [0.05, 0.1) is 12.2 Å². The van der Waals surface area contributed by atoms with E-state index in [2.05, 4.69) is 4.98 Å². The quantitative estimate of drug-likeness (QED) is 0.639. The van der Waals surface area contributed by atoms with Crippen molar-refractivity contribution in [2.75, 3.05) is 19.8 Å². The molecule has 3 heterocycles. The Morgan fingerprint density at radius 3 is 2.72 bits per heavy atom. The lowest BCUT2D eigenvalue weighted by Crippen LogP contribution is -2.38. The number of aromatic nitrogens is 1. The maximum Gasteiger partial charge on any atom is 0.252 e. The second kappa shape index (κ2) is 7.78. The van der Waals surface area contributed by atoms with Crippen molar-refractivity contribution in [3.05, 3.63) is 45.1 Å².